The number of benzene rings is 3. The fourth-order valence-electron chi connectivity index (χ4n) is 5.13. The fraction of sp³-hybridized carbons (Fsp3) is 0.281. The third-order valence-corrected chi connectivity index (χ3v) is 7.37. The maximum atomic E-state index is 13.4. The lowest BCUT2D eigenvalue weighted by atomic mass is 9.94. The van der Waals surface area contributed by atoms with E-state index in [1.54, 1.807) is 24.9 Å². The lowest BCUT2D eigenvalue weighted by molar-refractivity contribution is -0.139. The zero-order valence-electron chi connectivity index (χ0n) is 23.6. The monoisotopic (exact) mass is 572 g/mol. The van der Waals surface area contributed by atoms with Gasteiger partial charge in [0.15, 0.2) is 0 Å². The minimum absolute atomic E-state index is 0.159. The van der Waals surface area contributed by atoms with Crippen LogP contribution in [0.5, 0.6) is 11.5 Å². The van der Waals surface area contributed by atoms with Crippen molar-refractivity contribution in [1.29, 1.82) is 0 Å². The van der Waals surface area contributed by atoms with E-state index in [2.05, 4.69) is 10.2 Å². The van der Waals surface area contributed by atoms with Crippen LogP contribution in [-0.4, -0.2) is 79.0 Å². The molecule has 0 aliphatic carbocycles. The van der Waals surface area contributed by atoms with E-state index in [4.69, 9.17) is 9.47 Å². The Bertz CT molecular complexity index is 1470. The third kappa shape index (κ3) is 6.44. The van der Waals surface area contributed by atoms with Gasteiger partial charge in [0, 0.05) is 51.0 Å². The second-order valence-electron chi connectivity index (χ2n) is 10.1. The maximum Gasteiger partial charge on any atom is 0.338 e. The van der Waals surface area contributed by atoms with Crippen molar-refractivity contribution in [2.24, 2.45) is 0 Å². The largest absolute Gasteiger partial charge is 0.463 e. The maximum absolute atomic E-state index is 13.4. The van der Waals surface area contributed by atoms with E-state index in [-0.39, 0.29) is 18.5 Å². The van der Waals surface area contributed by atoms with E-state index in [0.29, 0.717) is 66.6 Å². The van der Waals surface area contributed by atoms with Crippen molar-refractivity contribution in [1.82, 2.24) is 20.0 Å². The average Bonchev–Trinajstić information content (AvgIpc) is 3.00. The second kappa shape index (κ2) is 12.9. The van der Waals surface area contributed by atoms with Gasteiger partial charge < -0.3 is 19.7 Å². The van der Waals surface area contributed by atoms with Gasteiger partial charge in [-0.1, -0.05) is 30.3 Å². The van der Waals surface area contributed by atoms with Crippen LogP contribution in [-0.2, 0) is 9.53 Å². The Morgan fingerprint density at radius 1 is 0.929 bits per heavy atom. The molecule has 5 rings (SSSR count). The normalized spacial score (nSPS) is 17.6. The molecule has 0 saturated carbocycles. The summed E-state index contributed by atoms with van der Waals surface area (Å²) in [5, 5.41) is 2.95. The number of likely N-dealkylation sites (N-methyl/N-ethyl adjacent to an activating group) is 1. The summed E-state index contributed by atoms with van der Waals surface area (Å²) in [6, 6.07) is 21.0. The summed E-state index contributed by atoms with van der Waals surface area (Å²) in [5.41, 5.74) is 2.00. The summed E-state index contributed by atoms with van der Waals surface area (Å²) in [6.07, 6.45) is 0. The SMILES string of the molecule is CCOC(=O)C1=C(CN2CCN(C(=O)c3ccc(F)cc3)CC2)N(C)C(=O)N[C@@H]1c1cccc(Oc2ccccc2)c1. The van der Waals surface area contributed by atoms with Crippen molar-refractivity contribution in [3.8, 4) is 11.5 Å². The fourth-order valence-corrected chi connectivity index (χ4v) is 5.13. The minimum atomic E-state index is -0.747. The number of carbonyl (C=O) groups is 3. The van der Waals surface area contributed by atoms with Crippen molar-refractivity contribution < 1.29 is 28.2 Å². The second-order valence-corrected chi connectivity index (χ2v) is 10.1. The van der Waals surface area contributed by atoms with Crippen molar-refractivity contribution >= 4 is 17.9 Å². The minimum Gasteiger partial charge on any atom is -0.463 e. The molecule has 2 heterocycles. The van der Waals surface area contributed by atoms with Gasteiger partial charge in [-0.2, -0.15) is 0 Å². The van der Waals surface area contributed by atoms with E-state index in [9.17, 15) is 18.8 Å². The van der Waals surface area contributed by atoms with Gasteiger partial charge >= 0.3 is 12.0 Å². The number of carbonyl (C=O) groups excluding carboxylic acids is 3. The molecule has 2 aliphatic heterocycles. The molecule has 3 amide bonds. The number of piperazine rings is 1. The number of hydrogen-bond donors (Lipinski definition) is 1. The number of nitrogens with one attached hydrogen (secondary N) is 1. The van der Waals surface area contributed by atoms with Crippen LogP contribution in [0, 0.1) is 5.82 Å². The van der Waals surface area contributed by atoms with Crippen LogP contribution in [0.3, 0.4) is 0 Å². The molecule has 10 heteroatoms. The van der Waals surface area contributed by atoms with Crippen molar-refractivity contribution in [2.75, 3.05) is 46.4 Å². The third-order valence-electron chi connectivity index (χ3n) is 7.37. The van der Waals surface area contributed by atoms with Crippen molar-refractivity contribution in [3.05, 3.63) is 107 Å². The molecule has 3 aromatic rings. The number of ether oxygens (including phenoxy) is 2. The predicted molar refractivity (Wildman–Crippen MR) is 154 cm³/mol. The molecule has 1 fully saturated rings. The first kappa shape index (κ1) is 28.8. The van der Waals surface area contributed by atoms with Gasteiger partial charge in [0.05, 0.1) is 18.2 Å². The van der Waals surface area contributed by atoms with E-state index in [1.165, 1.54) is 29.2 Å². The molecule has 1 N–H and O–H groups in total. The summed E-state index contributed by atoms with van der Waals surface area (Å²) < 4.78 is 24.8. The summed E-state index contributed by atoms with van der Waals surface area (Å²) in [5.74, 6) is 0.174. The zero-order valence-corrected chi connectivity index (χ0v) is 23.6. The molecule has 1 saturated heterocycles. The Labute approximate surface area is 244 Å². The highest BCUT2D eigenvalue weighted by Gasteiger charge is 2.38. The molecular formula is C32H33FN4O5. The molecule has 3 aromatic carbocycles. The van der Waals surface area contributed by atoms with Gasteiger partial charge in [-0.15, -0.1) is 0 Å². The van der Waals surface area contributed by atoms with Gasteiger partial charge in [-0.05, 0) is 61.0 Å². The Balaban J connectivity index is 1.38. The average molecular weight is 573 g/mol. The number of nitrogens with zero attached hydrogens (tertiary/aromatic N) is 3. The lowest BCUT2D eigenvalue weighted by Gasteiger charge is -2.39. The van der Waals surface area contributed by atoms with Crippen molar-refractivity contribution in [2.45, 2.75) is 13.0 Å². The summed E-state index contributed by atoms with van der Waals surface area (Å²) >= 11 is 0. The smallest absolute Gasteiger partial charge is 0.338 e. The van der Waals surface area contributed by atoms with Crippen molar-refractivity contribution in [3.63, 3.8) is 0 Å². The molecule has 0 spiro atoms. The number of rotatable bonds is 8. The lowest BCUT2D eigenvalue weighted by Crippen LogP contribution is -2.53. The van der Waals surface area contributed by atoms with E-state index in [0.717, 1.165) is 0 Å². The predicted octanol–water partition coefficient (Wildman–Crippen LogP) is 4.59. The van der Waals surface area contributed by atoms with Gasteiger partial charge in [0.1, 0.15) is 17.3 Å². The molecule has 0 bridgehead atoms. The topological polar surface area (TPSA) is 91.4 Å². The number of hydrogen-bond acceptors (Lipinski definition) is 6. The van der Waals surface area contributed by atoms with Gasteiger partial charge in [0.2, 0.25) is 0 Å². The molecule has 0 radical (unpaired) electrons. The standard InChI is InChI=1S/C32H33FN4O5/c1-3-41-31(39)28-27(21-36-16-18-37(19-17-36)30(38)22-12-14-24(33)15-13-22)35(2)32(40)34-29(28)23-8-7-11-26(20-23)42-25-9-5-4-6-10-25/h4-15,20,29H,3,16-19,21H2,1-2H3,(H,34,40)/t29-/m1/s1. The summed E-state index contributed by atoms with van der Waals surface area (Å²) in [4.78, 5) is 44.7. The van der Waals surface area contributed by atoms with E-state index < -0.39 is 17.8 Å². The van der Waals surface area contributed by atoms with E-state index in [1.807, 2.05) is 48.5 Å². The first-order valence-corrected chi connectivity index (χ1v) is 13.9. The molecule has 9 nitrogen and oxygen atoms in total. The van der Waals surface area contributed by atoms with Gasteiger partial charge in [-0.25, -0.2) is 14.0 Å². The highest BCUT2D eigenvalue weighted by molar-refractivity contribution is 5.95. The number of esters is 1. The van der Waals surface area contributed by atoms with Crippen LogP contribution < -0.4 is 10.1 Å². The van der Waals surface area contributed by atoms with Crippen LogP contribution in [0.1, 0.15) is 28.9 Å². The highest BCUT2D eigenvalue weighted by atomic mass is 19.1. The highest BCUT2D eigenvalue weighted by Crippen LogP contribution is 2.34. The molecule has 2 aliphatic rings. The quantitative estimate of drug-likeness (QED) is 0.397. The molecular weight excluding hydrogens is 539 g/mol. The molecule has 1 atom stereocenters. The number of amides is 3. The zero-order chi connectivity index (χ0) is 29.6. The molecule has 42 heavy (non-hydrogen) atoms. The van der Waals surface area contributed by atoms with Crippen LogP contribution in [0.4, 0.5) is 9.18 Å². The first-order valence-electron chi connectivity index (χ1n) is 13.9. The van der Waals surface area contributed by atoms with Crippen LogP contribution in [0.25, 0.3) is 0 Å². The Kier molecular flexibility index (Phi) is 8.83. The van der Waals surface area contributed by atoms with Crippen LogP contribution in [0.2, 0.25) is 0 Å². The number of halogens is 1. The Morgan fingerprint density at radius 2 is 1.62 bits per heavy atom. The molecule has 0 unspecified atom stereocenters. The van der Waals surface area contributed by atoms with Gasteiger partial charge in [-0.3, -0.25) is 14.6 Å². The van der Waals surface area contributed by atoms with Crippen LogP contribution in [0.15, 0.2) is 90.1 Å². The van der Waals surface area contributed by atoms with E-state index >= 15 is 0 Å². The van der Waals surface area contributed by atoms with Gasteiger partial charge in [0.25, 0.3) is 5.91 Å². The first-order chi connectivity index (χ1) is 20.3. The number of para-hydroxylation sites is 1. The Hall–Kier alpha value is -4.70. The Morgan fingerprint density at radius 3 is 2.31 bits per heavy atom. The molecule has 0 aromatic heterocycles. The van der Waals surface area contributed by atoms with Crippen LogP contribution >= 0.6 is 0 Å². The summed E-state index contributed by atoms with van der Waals surface area (Å²) in [6.45, 7) is 4.21. The number of urea groups is 1. The summed E-state index contributed by atoms with van der Waals surface area (Å²) in [7, 11) is 1.63. The molecule has 218 valence electrons.